The number of carbonyl (C=O) groups excluding carboxylic acids is 3. The van der Waals surface area contributed by atoms with Crippen LogP contribution in [-0.2, 0) is 22.7 Å². The zero-order valence-corrected chi connectivity index (χ0v) is 18.0. The molecule has 3 heterocycles. The van der Waals surface area contributed by atoms with E-state index in [2.05, 4.69) is 46.3 Å². The molecule has 2 saturated heterocycles. The van der Waals surface area contributed by atoms with Crippen LogP contribution in [0.2, 0.25) is 0 Å². The van der Waals surface area contributed by atoms with Crippen molar-refractivity contribution in [1.29, 1.82) is 0 Å². The molecule has 3 N–H and O–H groups in total. The van der Waals surface area contributed by atoms with Crippen molar-refractivity contribution in [3.05, 3.63) is 70.8 Å². The van der Waals surface area contributed by atoms with E-state index in [0.717, 1.165) is 30.6 Å². The molecule has 32 heavy (non-hydrogen) atoms. The van der Waals surface area contributed by atoms with Crippen molar-refractivity contribution in [3.63, 3.8) is 0 Å². The number of piperidine rings is 2. The molecule has 0 spiro atoms. The number of nitrogens with zero attached hydrogens (tertiary/aromatic N) is 1. The van der Waals surface area contributed by atoms with Crippen LogP contribution in [0.15, 0.2) is 48.5 Å². The van der Waals surface area contributed by atoms with E-state index in [1.165, 1.54) is 5.56 Å². The van der Waals surface area contributed by atoms with Gasteiger partial charge in [0, 0.05) is 43.6 Å². The highest BCUT2D eigenvalue weighted by Gasteiger charge is 2.39. The van der Waals surface area contributed by atoms with Gasteiger partial charge in [0.05, 0.1) is 0 Å². The van der Waals surface area contributed by atoms with Gasteiger partial charge < -0.3 is 15.5 Å². The highest BCUT2D eigenvalue weighted by Crippen LogP contribution is 2.31. The normalized spacial score (nSPS) is 25.6. The van der Waals surface area contributed by atoms with Gasteiger partial charge in [-0.25, -0.2) is 0 Å². The van der Waals surface area contributed by atoms with Crippen LogP contribution in [-0.4, -0.2) is 47.8 Å². The topological polar surface area (TPSA) is 90.5 Å². The van der Waals surface area contributed by atoms with E-state index in [-0.39, 0.29) is 24.1 Å². The number of imide groups is 1. The number of carbonyl (C=O) groups is 3. The second-order valence-electron chi connectivity index (χ2n) is 8.84. The van der Waals surface area contributed by atoms with Gasteiger partial charge in [-0.05, 0) is 42.1 Å². The van der Waals surface area contributed by atoms with Crippen molar-refractivity contribution in [2.45, 2.75) is 50.4 Å². The first-order valence-corrected chi connectivity index (χ1v) is 11.4. The van der Waals surface area contributed by atoms with E-state index in [1.54, 1.807) is 4.90 Å². The Labute approximate surface area is 187 Å². The van der Waals surface area contributed by atoms with Crippen LogP contribution in [0.3, 0.4) is 0 Å². The van der Waals surface area contributed by atoms with Crippen LogP contribution in [0.5, 0.6) is 0 Å². The maximum atomic E-state index is 13.0. The lowest BCUT2D eigenvalue weighted by Crippen LogP contribution is -2.52. The standard InChI is InChI=1S/C25H28N4O3/c30-23-10-9-22(24(31)28-23)29-15-20-17(7-4-8-19(20)25(29)32)13-27-21-14-26-12-11-18(21)16-5-2-1-3-6-16/h1-8,18,21-22,26-27H,9-15H2,(H,28,30,31)/t18-,21-,22?/m1/s1. The third-order valence-corrected chi connectivity index (χ3v) is 6.94. The maximum Gasteiger partial charge on any atom is 0.255 e. The molecule has 2 aromatic carbocycles. The third-order valence-electron chi connectivity index (χ3n) is 6.94. The summed E-state index contributed by atoms with van der Waals surface area (Å²) in [6.45, 7) is 2.97. The number of hydrogen-bond donors (Lipinski definition) is 3. The zero-order chi connectivity index (χ0) is 22.1. The Kier molecular flexibility index (Phi) is 5.76. The van der Waals surface area contributed by atoms with Crippen LogP contribution >= 0.6 is 0 Å². The molecule has 3 atom stereocenters. The van der Waals surface area contributed by atoms with Gasteiger partial charge in [0.15, 0.2) is 0 Å². The summed E-state index contributed by atoms with van der Waals surface area (Å²) in [6, 6.07) is 16.1. The molecule has 2 aromatic rings. The third kappa shape index (κ3) is 3.94. The highest BCUT2D eigenvalue weighted by atomic mass is 16.2. The molecule has 0 radical (unpaired) electrons. The van der Waals surface area contributed by atoms with Crippen molar-refractivity contribution >= 4 is 17.7 Å². The Balaban J connectivity index is 1.31. The first-order valence-electron chi connectivity index (χ1n) is 11.4. The van der Waals surface area contributed by atoms with Gasteiger partial charge in [-0.2, -0.15) is 0 Å². The average molecular weight is 433 g/mol. The summed E-state index contributed by atoms with van der Waals surface area (Å²) in [7, 11) is 0. The minimum atomic E-state index is -0.585. The van der Waals surface area contributed by atoms with Crippen molar-refractivity contribution in [2.24, 2.45) is 0 Å². The number of fused-ring (bicyclic) bond motifs is 1. The second-order valence-corrected chi connectivity index (χ2v) is 8.84. The van der Waals surface area contributed by atoms with E-state index in [9.17, 15) is 14.4 Å². The summed E-state index contributed by atoms with van der Waals surface area (Å²) in [5, 5.41) is 9.58. The van der Waals surface area contributed by atoms with Gasteiger partial charge in [0.2, 0.25) is 11.8 Å². The largest absolute Gasteiger partial charge is 0.322 e. The second kappa shape index (κ2) is 8.84. The predicted octanol–water partition coefficient (Wildman–Crippen LogP) is 1.68. The van der Waals surface area contributed by atoms with Crippen molar-refractivity contribution in [1.82, 2.24) is 20.9 Å². The van der Waals surface area contributed by atoms with Crippen LogP contribution in [0.25, 0.3) is 0 Å². The van der Waals surface area contributed by atoms with E-state index < -0.39 is 6.04 Å². The molecule has 166 valence electrons. The summed E-state index contributed by atoms with van der Waals surface area (Å²) in [5.74, 6) is -0.330. The molecule has 5 rings (SSSR count). The summed E-state index contributed by atoms with van der Waals surface area (Å²) < 4.78 is 0. The minimum absolute atomic E-state index is 0.127. The summed E-state index contributed by atoms with van der Waals surface area (Å²) in [6.07, 6.45) is 1.72. The highest BCUT2D eigenvalue weighted by molar-refractivity contribution is 6.05. The molecule has 7 nitrogen and oxygen atoms in total. The van der Waals surface area contributed by atoms with Gasteiger partial charge in [-0.3, -0.25) is 19.7 Å². The summed E-state index contributed by atoms with van der Waals surface area (Å²) in [5.41, 5.74) is 4.08. The van der Waals surface area contributed by atoms with Crippen LogP contribution in [0.1, 0.15) is 52.2 Å². The Morgan fingerprint density at radius 2 is 1.84 bits per heavy atom. The molecule has 2 fully saturated rings. The lowest BCUT2D eigenvalue weighted by Gasteiger charge is -2.33. The van der Waals surface area contributed by atoms with E-state index in [4.69, 9.17) is 0 Å². The molecule has 3 aliphatic rings. The van der Waals surface area contributed by atoms with Crippen molar-refractivity contribution in [2.75, 3.05) is 13.1 Å². The molecule has 1 unspecified atom stereocenters. The number of benzene rings is 2. The molecule has 0 bridgehead atoms. The lowest BCUT2D eigenvalue weighted by atomic mass is 9.86. The van der Waals surface area contributed by atoms with Gasteiger partial charge >= 0.3 is 0 Å². The van der Waals surface area contributed by atoms with Crippen LogP contribution in [0.4, 0.5) is 0 Å². The average Bonchev–Trinajstić information content (AvgIpc) is 3.15. The fraction of sp³-hybridized carbons (Fsp3) is 0.400. The zero-order valence-electron chi connectivity index (χ0n) is 18.0. The molecule has 0 aliphatic carbocycles. The molecule has 0 aromatic heterocycles. The van der Waals surface area contributed by atoms with Gasteiger partial charge in [-0.1, -0.05) is 42.5 Å². The summed E-state index contributed by atoms with van der Waals surface area (Å²) >= 11 is 0. The molecule has 0 saturated carbocycles. The monoisotopic (exact) mass is 432 g/mol. The minimum Gasteiger partial charge on any atom is -0.322 e. The fourth-order valence-corrected chi connectivity index (χ4v) is 5.23. The molecule has 7 heteroatoms. The quantitative estimate of drug-likeness (QED) is 0.626. The van der Waals surface area contributed by atoms with E-state index >= 15 is 0 Å². The van der Waals surface area contributed by atoms with Crippen molar-refractivity contribution in [3.8, 4) is 0 Å². The number of amides is 3. The number of rotatable bonds is 5. The molecular formula is C25H28N4O3. The molecular weight excluding hydrogens is 404 g/mol. The molecule has 3 aliphatic heterocycles. The van der Waals surface area contributed by atoms with Crippen molar-refractivity contribution < 1.29 is 14.4 Å². The predicted molar refractivity (Wildman–Crippen MR) is 120 cm³/mol. The Morgan fingerprint density at radius 1 is 1.00 bits per heavy atom. The Morgan fingerprint density at radius 3 is 2.66 bits per heavy atom. The van der Waals surface area contributed by atoms with Gasteiger partial charge in [-0.15, -0.1) is 0 Å². The number of hydrogen-bond acceptors (Lipinski definition) is 5. The van der Waals surface area contributed by atoms with Gasteiger partial charge in [0.1, 0.15) is 6.04 Å². The molecule has 3 amide bonds. The summed E-state index contributed by atoms with van der Waals surface area (Å²) in [4.78, 5) is 38.5. The lowest BCUT2D eigenvalue weighted by molar-refractivity contribution is -0.136. The first kappa shape index (κ1) is 20.8. The van der Waals surface area contributed by atoms with E-state index in [1.807, 2.05) is 18.2 Å². The Hall–Kier alpha value is -3.03. The Bertz CT molecular complexity index is 1040. The number of nitrogens with one attached hydrogen (secondary N) is 3. The van der Waals surface area contributed by atoms with Crippen LogP contribution < -0.4 is 16.0 Å². The smallest absolute Gasteiger partial charge is 0.255 e. The maximum absolute atomic E-state index is 13.0. The fourth-order valence-electron chi connectivity index (χ4n) is 5.23. The van der Waals surface area contributed by atoms with Gasteiger partial charge in [0.25, 0.3) is 5.91 Å². The van der Waals surface area contributed by atoms with Crippen LogP contribution in [0, 0.1) is 0 Å². The first-order chi connectivity index (χ1) is 15.6. The SMILES string of the molecule is O=C1CCC(N2Cc3c(CN[C@@H]4CNCC[C@@H]4c4ccccc4)cccc3C2=O)C(=O)N1. The van der Waals surface area contributed by atoms with E-state index in [0.29, 0.717) is 37.0 Å².